The summed E-state index contributed by atoms with van der Waals surface area (Å²) >= 11 is 7.22. The van der Waals surface area contributed by atoms with Gasteiger partial charge in [-0.05, 0) is 23.1 Å². The number of primary amides is 1. The quantitative estimate of drug-likeness (QED) is 0.429. The Morgan fingerprint density at radius 3 is 2.75 bits per heavy atom. The maximum absolute atomic E-state index is 12.2. The number of rotatable bonds is 5. The SMILES string of the molecule is NC(=O)c1nc(-c2sccc2NC(=O)NCc2ccccc2Cl)[nH]c(=O)c1O. The minimum absolute atomic E-state index is 0.00648. The summed E-state index contributed by atoms with van der Waals surface area (Å²) in [6.45, 7) is 0.213. The number of nitrogens with zero attached hydrogens (tertiary/aromatic N) is 1. The Labute approximate surface area is 167 Å². The molecule has 6 N–H and O–H groups in total. The highest BCUT2D eigenvalue weighted by Gasteiger charge is 2.19. The number of carbonyl (C=O) groups is 2. The molecule has 0 fully saturated rings. The first kappa shape index (κ1) is 19.4. The Morgan fingerprint density at radius 1 is 1.29 bits per heavy atom. The van der Waals surface area contributed by atoms with Crippen molar-refractivity contribution < 1.29 is 14.7 Å². The number of nitrogens with one attached hydrogen (secondary N) is 3. The Morgan fingerprint density at radius 2 is 2.04 bits per heavy atom. The van der Waals surface area contributed by atoms with E-state index in [0.717, 1.165) is 5.56 Å². The van der Waals surface area contributed by atoms with E-state index in [-0.39, 0.29) is 12.4 Å². The van der Waals surface area contributed by atoms with Crippen LogP contribution in [-0.2, 0) is 6.54 Å². The Hall–Kier alpha value is -3.37. The number of H-pyrrole nitrogens is 1. The largest absolute Gasteiger partial charge is 0.501 e. The first-order chi connectivity index (χ1) is 13.4. The molecular weight excluding hydrogens is 406 g/mol. The highest BCUT2D eigenvalue weighted by molar-refractivity contribution is 7.14. The zero-order chi connectivity index (χ0) is 20.3. The van der Waals surface area contributed by atoms with Crippen LogP contribution in [0.1, 0.15) is 16.1 Å². The molecule has 2 heterocycles. The van der Waals surface area contributed by atoms with E-state index in [1.165, 1.54) is 11.3 Å². The summed E-state index contributed by atoms with van der Waals surface area (Å²) in [6.07, 6.45) is 0. The molecule has 0 radical (unpaired) electrons. The van der Waals surface area contributed by atoms with Crippen LogP contribution in [0.4, 0.5) is 10.5 Å². The summed E-state index contributed by atoms with van der Waals surface area (Å²) in [5.74, 6) is -1.92. The van der Waals surface area contributed by atoms with Crippen molar-refractivity contribution in [3.8, 4) is 16.5 Å². The lowest BCUT2D eigenvalue weighted by Crippen LogP contribution is -2.28. The van der Waals surface area contributed by atoms with Crippen molar-refractivity contribution in [1.82, 2.24) is 15.3 Å². The first-order valence-electron chi connectivity index (χ1n) is 7.86. The van der Waals surface area contributed by atoms with E-state index in [0.29, 0.717) is 15.6 Å². The number of benzene rings is 1. The third kappa shape index (κ3) is 4.13. The van der Waals surface area contributed by atoms with Gasteiger partial charge in [0.15, 0.2) is 11.5 Å². The van der Waals surface area contributed by atoms with Gasteiger partial charge in [-0.15, -0.1) is 11.3 Å². The van der Waals surface area contributed by atoms with Crippen LogP contribution >= 0.6 is 22.9 Å². The van der Waals surface area contributed by atoms with Crippen molar-refractivity contribution in [2.24, 2.45) is 5.73 Å². The van der Waals surface area contributed by atoms with Crippen LogP contribution in [-0.4, -0.2) is 27.0 Å². The molecule has 0 aliphatic carbocycles. The molecular formula is C17H14ClN5O4S. The van der Waals surface area contributed by atoms with E-state index < -0.39 is 28.9 Å². The molecule has 0 saturated carbocycles. The molecule has 3 rings (SSSR count). The molecule has 3 aromatic rings. The topological polar surface area (TPSA) is 150 Å². The summed E-state index contributed by atoms with van der Waals surface area (Å²) in [5.41, 5.74) is 4.76. The van der Waals surface area contributed by atoms with E-state index in [2.05, 4.69) is 20.6 Å². The Bertz CT molecular complexity index is 1110. The van der Waals surface area contributed by atoms with Crippen molar-refractivity contribution in [3.05, 3.63) is 62.3 Å². The van der Waals surface area contributed by atoms with E-state index in [9.17, 15) is 19.5 Å². The van der Waals surface area contributed by atoms with Crippen molar-refractivity contribution in [1.29, 1.82) is 0 Å². The van der Waals surface area contributed by atoms with E-state index in [1.807, 2.05) is 0 Å². The molecule has 0 bridgehead atoms. The van der Waals surface area contributed by atoms with Gasteiger partial charge in [0.2, 0.25) is 5.75 Å². The number of hydrogen-bond donors (Lipinski definition) is 5. The molecule has 11 heteroatoms. The van der Waals surface area contributed by atoms with Gasteiger partial charge in [-0.2, -0.15) is 0 Å². The second kappa shape index (κ2) is 8.11. The van der Waals surface area contributed by atoms with Gasteiger partial charge < -0.3 is 26.5 Å². The molecule has 0 atom stereocenters. The van der Waals surface area contributed by atoms with Crippen LogP contribution in [0.3, 0.4) is 0 Å². The summed E-state index contributed by atoms with van der Waals surface area (Å²) in [4.78, 5) is 42.0. The average Bonchev–Trinajstić information content (AvgIpc) is 3.11. The standard InChI is InChI=1S/C17H14ClN5O4S/c18-9-4-2-1-3-8(9)7-20-17(27)21-10-5-6-28-13(10)15-22-11(14(19)25)12(24)16(26)23-15/h1-6,24H,7H2,(H2,19,25)(H2,20,21,27)(H,22,23,26). The highest BCUT2D eigenvalue weighted by Crippen LogP contribution is 2.31. The zero-order valence-electron chi connectivity index (χ0n) is 14.2. The van der Waals surface area contributed by atoms with Gasteiger partial charge in [0.25, 0.3) is 11.5 Å². The zero-order valence-corrected chi connectivity index (χ0v) is 15.7. The predicted molar refractivity (Wildman–Crippen MR) is 106 cm³/mol. The van der Waals surface area contributed by atoms with Gasteiger partial charge in [-0.25, -0.2) is 9.78 Å². The van der Waals surface area contributed by atoms with Crippen LogP contribution in [0.25, 0.3) is 10.7 Å². The minimum atomic E-state index is -1.05. The third-order valence-corrected chi connectivity index (χ3v) is 4.94. The smallest absolute Gasteiger partial charge is 0.319 e. The number of anilines is 1. The fourth-order valence-corrected chi connectivity index (χ4v) is 3.32. The predicted octanol–water partition coefficient (Wildman–Crippen LogP) is 2.28. The Balaban J connectivity index is 1.79. The van der Waals surface area contributed by atoms with Crippen LogP contribution in [0.15, 0.2) is 40.5 Å². The number of thiophene rings is 1. The number of amides is 3. The second-order valence-corrected chi connectivity index (χ2v) is 6.86. The maximum Gasteiger partial charge on any atom is 0.319 e. The number of nitrogens with two attached hydrogens (primary N) is 1. The second-order valence-electron chi connectivity index (χ2n) is 5.54. The van der Waals surface area contributed by atoms with E-state index in [4.69, 9.17) is 17.3 Å². The maximum atomic E-state index is 12.2. The van der Waals surface area contributed by atoms with Crippen LogP contribution < -0.4 is 21.9 Å². The van der Waals surface area contributed by atoms with Crippen LogP contribution in [0, 0.1) is 0 Å². The molecule has 144 valence electrons. The van der Waals surface area contributed by atoms with Gasteiger partial charge in [-0.1, -0.05) is 29.8 Å². The number of hydrogen-bond acceptors (Lipinski definition) is 6. The average molecular weight is 420 g/mol. The summed E-state index contributed by atoms with van der Waals surface area (Å²) in [6, 6.07) is 8.20. The lowest BCUT2D eigenvalue weighted by molar-refractivity contribution is 0.0992. The minimum Gasteiger partial charge on any atom is -0.501 e. The number of urea groups is 1. The summed E-state index contributed by atoms with van der Waals surface area (Å²) < 4.78 is 0. The fourth-order valence-electron chi connectivity index (χ4n) is 2.32. The number of carbonyl (C=O) groups excluding carboxylic acids is 2. The first-order valence-corrected chi connectivity index (χ1v) is 9.11. The molecule has 0 spiro atoms. The molecule has 0 aliphatic rings. The lowest BCUT2D eigenvalue weighted by Gasteiger charge is -2.10. The van der Waals surface area contributed by atoms with Crippen molar-refractivity contribution in [3.63, 3.8) is 0 Å². The highest BCUT2D eigenvalue weighted by atomic mass is 35.5. The van der Waals surface area contributed by atoms with E-state index in [1.54, 1.807) is 35.7 Å². The summed E-state index contributed by atoms with van der Waals surface area (Å²) in [5, 5.41) is 17.1. The molecule has 9 nitrogen and oxygen atoms in total. The van der Waals surface area contributed by atoms with Gasteiger partial charge in [-0.3, -0.25) is 9.59 Å². The van der Waals surface area contributed by atoms with Gasteiger partial charge in [0, 0.05) is 11.6 Å². The van der Waals surface area contributed by atoms with Gasteiger partial charge >= 0.3 is 6.03 Å². The van der Waals surface area contributed by atoms with Crippen molar-refractivity contribution >= 4 is 40.6 Å². The number of aromatic hydroxyl groups is 1. The van der Waals surface area contributed by atoms with Gasteiger partial charge in [0.05, 0.1) is 10.6 Å². The molecule has 1 aromatic carbocycles. The number of aromatic nitrogens is 2. The van der Waals surface area contributed by atoms with Gasteiger partial charge in [0.1, 0.15) is 0 Å². The van der Waals surface area contributed by atoms with Crippen LogP contribution in [0.2, 0.25) is 5.02 Å². The lowest BCUT2D eigenvalue weighted by atomic mass is 10.2. The molecule has 0 aliphatic heterocycles. The normalized spacial score (nSPS) is 10.5. The monoisotopic (exact) mass is 419 g/mol. The third-order valence-electron chi connectivity index (χ3n) is 3.65. The Kier molecular flexibility index (Phi) is 5.62. The number of halogens is 1. The summed E-state index contributed by atoms with van der Waals surface area (Å²) in [7, 11) is 0. The molecule has 28 heavy (non-hydrogen) atoms. The molecule has 0 saturated heterocycles. The molecule has 0 unspecified atom stereocenters. The fraction of sp³-hybridized carbons (Fsp3) is 0.0588. The van der Waals surface area contributed by atoms with E-state index >= 15 is 0 Å². The number of aromatic amines is 1. The van der Waals surface area contributed by atoms with Crippen molar-refractivity contribution in [2.45, 2.75) is 6.54 Å². The molecule has 2 aromatic heterocycles. The molecule has 3 amide bonds. The van der Waals surface area contributed by atoms with Crippen LogP contribution in [0.5, 0.6) is 5.75 Å². The van der Waals surface area contributed by atoms with Crippen molar-refractivity contribution in [2.75, 3.05) is 5.32 Å².